The topological polar surface area (TPSA) is 129 Å². The number of nitrogens with zero attached hydrogens (tertiary/aromatic N) is 7. The van der Waals surface area contributed by atoms with Crippen molar-refractivity contribution in [2.75, 3.05) is 65.1 Å². The number of hydrogen-bond acceptors (Lipinski definition) is 11. The summed E-state index contributed by atoms with van der Waals surface area (Å²) in [7, 11) is -3.28. The fraction of sp³-hybridized carbons (Fsp3) is 0.298. The maximum atomic E-state index is 13.8. The van der Waals surface area contributed by atoms with Crippen LogP contribution in [0.3, 0.4) is 0 Å². The van der Waals surface area contributed by atoms with Crippen LogP contribution < -0.4 is 5.32 Å². The Morgan fingerprint density at radius 1 is 0.644 bits per heavy atom. The summed E-state index contributed by atoms with van der Waals surface area (Å²) in [5.41, 5.74) is 10.4. The molecular formula is C57H62F2N8O4S2. The van der Waals surface area contributed by atoms with Crippen molar-refractivity contribution in [1.29, 1.82) is 0 Å². The largest absolute Gasteiger partial charge is 0.379 e. The molecule has 6 heterocycles. The number of rotatable bonds is 14. The average Bonchev–Trinajstić information content (AvgIpc) is 4.01. The highest BCUT2D eigenvalue weighted by Crippen LogP contribution is 2.43. The van der Waals surface area contributed by atoms with E-state index in [4.69, 9.17) is 19.4 Å². The van der Waals surface area contributed by atoms with Crippen LogP contribution in [0.2, 0.25) is 0 Å². The van der Waals surface area contributed by atoms with E-state index >= 15 is 0 Å². The Morgan fingerprint density at radius 3 is 1.67 bits per heavy atom. The lowest BCUT2D eigenvalue weighted by molar-refractivity contribution is 0.0342. The van der Waals surface area contributed by atoms with Gasteiger partial charge in [-0.2, -0.15) is 0 Å². The van der Waals surface area contributed by atoms with E-state index in [2.05, 4.69) is 73.7 Å². The molecule has 12 nitrogen and oxygen atoms in total. The zero-order chi connectivity index (χ0) is 51.2. The molecule has 4 aromatic carbocycles. The highest BCUT2D eigenvalue weighted by atomic mass is 32.2. The second-order valence-corrected chi connectivity index (χ2v) is 20.6. The number of thioether (sulfide) groups is 1. The van der Waals surface area contributed by atoms with E-state index in [0.717, 1.165) is 146 Å². The molecule has 1 N–H and O–H groups in total. The third kappa shape index (κ3) is 13.2. The second-order valence-electron chi connectivity index (χ2n) is 17.6. The van der Waals surface area contributed by atoms with Gasteiger partial charge in [-0.15, -0.1) is 11.8 Å². The zero-order valence-electron chi connectivity index (χ0n) is 41.8. The Balaban J connectivity index is 0.000000176. The van der Waals surface area contributed by atoms with E-state index < -0.39 is 9.84 Å². The predicted molar refractivity (Wildman–Crippen MR) is 289 cm³/mol. The monoisotopic (exact) mass is 1020 g/mol. The molecular weight excluding hydrogens is 963 g/mol. The van der Waals surface area contributed by atoms with Crippen LogP contribution >= 0.6 is 11.8 Å². The number of imidazole rings is 2. The van der Waals surface area contributed by atoms with Gasteiger partial charge >= 0.3 is 0 Å². The van der Waals surface area contributed by atoms with Gasteiger partial charge < -0.3 is 23.9 Å². The van der Waals surface area contributed by atoms with E-state index in [1.807, 2.05) is 60.6 Å². The molecule has 2 aliphatic rings. The molecule has 0 saturated carbocycles. The first kappa shape index (κ1) is 52.9. The summed E-state index contributed by atoms with van der Waals surface area (Å²) in [4.78, 5) is 21.3. The van der Waals surface area contributed by atoms with Crippen LogP contribution in [0.25, 0.3) is 67.8 Å². The molecule has 1 atom stereocenters. The van der Waals surface area contributed by atoms with E-state index in [9.17, 15) is 17.2 Å². The smallest absolute Gasteiger partial charge is 0.175 e. The van der Waals surface area contributed by atoms with Gasteiger partial charge in [0.25, 0.3) is 0 Å². The fourth-order valence-electron chi connectivity index (χ4n) is 8.92. The van der Waals surface area contributed by atoms with Crippen LogP contribution in [-0.4, -0.2) is 108 Å². The minimum Gasteiger partial charge on any atom is -0.379 e. The Hall–Kier alpha value is -6.40. The lowest BCUT2D eigenvalue weighted by Gasteiger charge is -2.28. The minimum absolute atomic E-state index is 0.182. The van der Waals surface area contributed by atoms with Crippen molar-refractivity contribution in [1.82, 2.24) is 39.3 Å². The van der Waals surface area contributed by atoms with Gasteiger partial charge in [0.2, 0.25) is 0 Å². The zero-order valence-corrected chi connectivity index (χ0v) is 43.4. The minimum atomic E-state index is -3.28. The van der Waals surface area contributed by atoms with Crippen LogP contribution in [0.1, 0.15) is 37.6 Å². The quantitative estimate of drug-likeness (QED) is 0.112. The number of hydrogen-bond donors (Lipinski definition) is 1. The average molecular weight is 1030 g/mol. The molecule has 16 heteroatoms. The molecule has 2 fully saturated rings. The van der Waals surface area contributed by atoms with Crippen LogP contribution in [0, 0.1) is 11.6 Å². The van der Waals surface area contributed by atoms with Crippen LogP contribution in [0.5, 0.6) is 0 Å². The van der Waals surface area contributed by atoms with Gasteiger partial charge in [0.1, 0.15) is 23.3 Å². The summed E-state index contributed by atoms with van der Waals surface area (Å²) in [6.45, 7) is 13.1. The first-order chi connectivity index (χ1) is 35.6. The van der Waals surface area contributed by atoms with E-state index in [1.54, 1.807) is 48.8 Å². The molecule has 0 radical (unpaired) electrons. The maximum absolute atomic E-state index is 13.8. The number of pyridine rings is 2. The second kappa shape index (κ2) is 25.5. The van der Waals surface area contributed by atoms with Crippen LogP contribution in [0.15, 0.2) is 151 Å². The van der Waals surface area contributed by atoms with Gasteiger partial charge in [0, 0.05) is 104 Å². The molecule has 0 spiro atoms. The van der Waals surface area contributed by atoms with Crippen LogP contribution in [0.4, 0.5) is 8.78 Å². The number of benzene rings is 4. The number of nitrogens with one attached hydrogen (secondary N) is 1. The van der Waals surface area contributed by atoms with Gasteiger partial charge in [-0.25, -0.2) is 27.2 Å². The molecule has 2 aliphatic heterocycles. The molecule has 2 saturated heterocycles. The molecule has 8 aromatic rings. The number of aromatic nitrogens is 6. The number of ether oxygens (including phenoxy) is 2. The SMILES string of the molecule is C1COCCN1.CCC(SC)n1c(-c2ccccc2CN2CCOCC2)nc(-c2ccc(F)cc2)c1-c1ccncc1.CCCn1c(-c2ccc(S(C)(=O)=O)cc2)nc(-c2ccc(F)cc2)c1-c1ccncc1. The molecule has 0 bridgehead atoms. The van der Waals surface area contributed by atoms with Crippen LogP contribution in [-0.2, 0) is 32.4 Å². The van der Waals surface area contributed by atoms with E-state index in [1.165, 1.54) is 36.1 Å². The van der Waals surface area contributed by atoms with E-state index in [-0.39, 0.29) is 21.9 Å². The molecule has 0 amide bonds. The Bertz CT molecular complexity index is 3100. The first-order valence-corrected chi connectivity index (χ1v) is 27.8. The summed E-state index contributed by atoms with van der Waals surface area (Å²) >= 11 is 1.81. The lowest BCUT2D eigenvalue weighted by Crippen LogP contribution is -2.35. The standard InChI is InChI=1S/C29H31FN4OS.C24H22FN3O2S.C4H9NO/c1-3-26(36-2)34-28(22-12-14-31-15-13-22)27(21-8-10-24(30)11-9-21)32-29(34)25-7-5-4-6-23(25)20-33-16-18-35-19-17-33;1-3-16-28-23(18-12-14-26-15-13-18)22(17-4-8-20(25)9-5-17)27-24(28)19-6-10-21(11-7-19)31(2,29)30;1-3-6-4-2-5-1/h4-15,26H,3,16-20H2,1-2H3;4-15H,3,16H2,1-2H3;5H,1-4H2. The fourth-order valence-corrected chi connectivity index (χ4v) is 10.3. The first-order valence-electron chi connectivity index (χ1n) is 24.6. The van der Waals surface area contributed by atoms with Gasteiger partial charge in [-0.05, 0) is 122 Å². The molecule has 73 heavy (non-hydrogen) atoms. The van der Waals surface area contributed by atoms with Crippen molar-refractivity contribution in [3.8, 4) is 67.8 Å². The van der Waals surface area contributed by atoms with Gasteiger partial charge in [0.15, 0.2) is 9.84 Å². The molecule has 1 unspecified atom stereocenters. The molecule has 380 valence electrons. The lowest BCUT2D eigenvalue weighted by atomic mass is 10.1. The molecule has 10 rings (SSSR count). The number of halogens is 2. The summed E-state index contributed by atoms with van der Waals surface area (Å²) < 4.78 is 66.2. The highest BCUT2D eigenvalue weighted by Gasteiger charge is 2.27. The number of sulfone groups is 1. The van der Waals surface area contributed by atoms with Crippen molar-refractivity contribution < 1.29 is 26.7 Å². The summed E-state index contributed by atoms with van der Waals surface area (Å²) in [5.74, 6) is 1.10. The van der Waals surface area contributed by atoms with E-state index in [0.29, 0.717) is 0 Å². The normalized spacial score (nSPS) is 14.4. The Morgan fingerprint density at radius 2 is 1.16 bits per heavy atom. The summed E-state index contributed by atoms with van der Waals surface area (Å²) in [6.07, 6.45) is 12.2. The van der Waals surface area contributed by atoms with Gasteiger partial charge in [-0.3, -0.25) is 14.9 Å². The number of morpholine rings is 2. The van der Waals surface area contributed by atoms with Gasteiger partial charge in [-0.1, -0.05) is 38.1 Å². The van der Waals surface area contributed by atoms with Crippen molar-refractivity contribution >= 4 is 21.6 Å². The van der Waals surface area contributed by atoms with Crippen molar-refractivity contribution in [3.05, 3.63) is 163 Å². The third-order valence-corrected chi connectivity index (χ3v) is 14.7. The Kier molecular flexibility index (Phi) is 18.5. The van der Waals surface area contributed by atoms with Crippen molar-refractivity contribution in [2.45, 2.75) is 50.0 Å². The third-order valence-electron chi connectivity index (χ3n) is 12.5. The molecule has 0 aliphatic carbocycles. The summed E-state index contributed by atoms with van der Waals surface area (Å²) in [5, 5.41) is 3.34. The summed E-state index contributed by atoms with van der Waals surface area (Å²) in [6, 6.07) is 36.1. The predicted octanol–water partition coefficient (Wildman–Crippen LogP) is 11.4. The maximum Gasteiger partial charge on any atom is 0.175 e. The van der Waals surface area contributed by atoms with Gasteiger partial charge in [0.05, 0.1) is 59.5 Å². The van der Waals surface area contributed by atoms with Crippen molar-refractivity contribution in [3.63, 3.8) is 0 Å². The van der Waals surface area contributed by atoms with Crippen molar-refractivity contribution in [2.24, 2.45) is 0 Å². The molecule has 4 aromatic heterocycles. The highest BCUT2D eigenvalue weighted by molar-refractivity contribution is 7.98. The Labute approximate surface area is 431 Å².